The molecule has 3 aromatic rings. The summed E-state index contributed by atoms with van der Waals surface area (Å²) in [7, 11) is 0. The number of benzene rings is 2. The number of hydrogen-bond donors (Lipinski definition) is 0. The van der Waals surface area contributed by atoms with E-state index in [1.54, 1.807) is 24.3 Å². The van der Waals surface area contributed by atoms with Crippen LogP contribution in [0.2, 0.25) is 0 Å². The number of carbonyl (C=O) groups excluding carboxylic acids is 2. The van der Waals surface area contributed by atoms with Crippen molar-refractivity contribution in [2.75, 3.05) is 6.54 Å². The summed E-state index contributed by atoms with van der Waals surface area (Å²) in [6.45, 7) is 1.26. The first-order valence-corrected chi connectivity index (χ1v) is 8.76. The van der Waals surface area contributed by atoms with Crippen LogP contribution < -0.4 is 0 Å². The van der Waals surface area contributed by atoms with Crippen LogP contribution in [0.15, 0.2) is 67.1 Å². The molecule has 0 unspecified atom stereocenters. The number of aromatic nitrogens is 2. The van der Waals surface area contributed by atoms with Gasteiger partial charge in [-0.25, -0.2) is 4.98 Å². The van der Waals surface area contributed by atoms with E-state index in [-0.39, 0.29) is 11.8 Å². The molecule has 5 heteroatoms. The van der Waals surface area contributed by atoms with Crippen LogP contribution in [0.5, 0.6) is 0 Å². The van der Waals surface area contributed by atoms with Crippen LogP contribution in [-0.4, -0.2) is 32.8 Å². The van der Waals surface area contributed by atoms with Crippen molar-refractivity contribution in [3.8, 4) is 11.3 Å². The molecule has 1 aliphatic heterocycles. The predicted molar refractivity (Wildman–Crippen MR) is 98.7 cm³/mol. The van der Waals surface area contributed by atoms with Crippen molar-refractivity contribution >= 4 is 11.8 Å². The molecule has 5 nitrogen and oxygen atoms in total. The molecule has 0 saturated heterocycles. The van der Waals surface area contributed by atoms with Crippen molar-refractivity contribution in [3.05, 3.63) is 78.2 Å². The summed E-state index contributed by atoms with van der Waals surface area (Å²) < 4.78 is 2.05. The van der Waals surface area contributed by atoms with Crippen LogP contribution in [0.25, 0.3) is 11.3 Å². The van der Waals surface area contributed by atoms with E-state index < -0.39 is 0 Å². The number of imide groups is 1. The Morgan fingerprint density at radius 1 is 0.769 bits per heavy atom. The second-order valence-corrected chi connectivity index (χ2v) is 6.38. The van der Waals surface area contributed by atoms with Gasteiger partial charge in [-0.15, -0.1) is 0 Å². The van der Waals surface area contributed by atoms with Crippen LogP contribution in [0.4, 0.5) is 0 Å². The fourth-order valence-corrected chi connectivity index (χ4v) is 3.25. The minimum absolute atomic E-state index is 0.181. The average molecular weight is 345 g/mol. The van der Waals surface area contributed by atoms with E-state index in [1.165, 1.54) is 4.90 Å². The van der Waals surface area contributed by atoms with Crippen molar-refractivity contribution < 1.29 is 9.59 Å². The molecular formula is C21H19N3O2. The Labute approximate surface area is 151 Å². The van der Waals surface area contributed by atoms with E-state index >= 15 is 0 Å². The van der Waals surface area contributed by atoms with Gasteiger partial charge in [-0.1, -0.05) is 42.5 Å². The molecule has 2 aromatic carbocycles. The van der Waals surface area contributed by atoms with Gasteiger partial charge in [-0.2, -0.15) is 0 Å². The number of amides is 2. The largest absolute Gasteiger partial charge is 0.337 e. The molecule has 130 valence electrons. The van der Waals surface area contributed by atoms with E-state index in [2.05, 4.69) is 4.98 Å². The third-order valence-corrected chi connectivity index (χ3v) is 4.63. The molecule has 0 bridgehead atoms. The molecule has 1 aliphatic rings. The zero-order valence-corrected chi connectivity index (χ0v) is 14.3. The summed E-state index contributed by atoms with van der Waals surface area (Å²) in [4.78, 5) is 30.4. The number of nitrogens with zero attached hydrogens (tertiary/aromatic N) is 3. The number of fused-ring (bicyclic) bond motifs is 1. The maximum atomic E-state index is 12.3. The van der Waals surface area contributed by atoms with E-state index in [1.807, 2.05) is 47.4 Å². The molecule has 0 spiro atoms. The van der Waals surface area contributed by atoms with E-state index in [0.717, 1.165) is 30.6 Å². The fourth-order valence-electron chi connectivity index (χ4n) is 3.25. The Bertz CT molecular complexity index is 912. The minimum Gasteiger partial charge on any atom is -0.337 e. The number of unbranched alkanes of at least 4 members (excludes halogenated alkanes) is 1. The highest BCUT2D eigenvalue weighted by Crippen LogP contribution is 2.22. The summed E-state index contributed by atoms with van der Waals surface area (Å²) in [5.41, 5.74) is 3.07. The lowest BCUT2D eigenvalue weighted by Crippen LogP contribution is -2.30. The Hall–Kier alpha value is -3.21. The van der Waals surface area contributed by atoms with Gasteiger partial charge in [0.2, 0.25) is 0 Å². The van der Waals surface area contributed by atoms with Crippen LogP contribution >= 0.6 is 0 Å². The third-order valence-electron chi connectivity index (χ3n) is 4.63. The van der Waals surface area contributed by atoms with Crippen LogP contribution in [0.3, 0.4) is 0 Å². The maximum Gasteiger partial charge on any atom is 0.261 e. The van der Waals surface area contributed by atoms with Gasteiger partial charge >= 0.3 is 0 Å². The molecule has 0 radical (unpaired) electrons. The Balaban J connectivity index is 1.31. The molecule has 2 heterocycles. The molecule has 0 fully saturated rings. The molecule has 2 amide bonds. The van der Waals surface area contributed by atoms with Gasteiger partial charge in [0.25, 0.3) is 11.8 Å². The zero-order chi connectivity index (χ0) is 17.9. The molecular weight excluding hydrogens is 326 g/mol. The summed E-state index contributed by atoms with van der Waals surface area (Å²) in [6, 6.07) is 17.1. The lowest BCUT2D eigenvalue weighted by atomic mass is 10.1. The molecule has 0 saturated carbocycles. The first-order chi connectivity index (χ1) is 12.7. The standard InChI is InChI=1S/C21H19N3O2/c25-20-17-10-4-5-11-18(17)21(26)24(20)13-7-6-12-23-14-19(22-15-23)16-8-2-1-3-9-16/h1-5,8-11,14-15H,6-7,12-13H2. The van der Waals surface area contributed by atoms with Gasteiger partial charge in [0.1, 0.15) is 0 Å². The fraction of sp³-hybridized carbons (Fsp3) is 0.190. The van der Waals surface area contributed by atoms with Gasteiger partial charge in [0.05, 0.1) is 23.1 Å². The van der Waals surface area contributed by atoms with Crippen molar-refractivity contribution in [1.82, 2.24) is 14.5 Å². The van der Waals surface area contributed by atoms with Gasteiger partial charge in [-0.3, -0.25) is 14.5 Å². The highest BCUT2D eigenvalue weighted by molar-refractivity contribution is 6.21. The molecule has 0 atom stereocenters. The third kappa shape index (κ3) is 3.04. The monoisotopic (exact) mass is 345 g/mol. The van der Waals surface area contributed by atoms with Crippen molar-refractivity contribution in [3.63, 3.8) is 0 Å². The summed E-state index contributed by atoms with van der Waals surface area (Å²) in [5, 5.41) is 0. The number of hydrogen-bond acceptors (Lipinski definition) is 3. The first-order valence-electron chi connectivity index (χ1n) is 8.76. The zero-order valence-electron chi connectivity index (χ0n) is 14.3. The van der Waals surface area contributed by atoms with Crippen molar-refractivity contribution in [1.29, 1.82) is 0 Å². The van der Waals surface area contributed by atoms with Crippen LogP contribution in [-0.2, 0) is 6.54 Å². The minimum atomic E-state index is -0.181. The van der Waals surface area contributed by atoms with Gasteiger partial charge in [0, 0.05) is 24.8 Å². The van der Waals surface area contributed by atoms with Gasteiger partial charge in [-0.05, 0) is 25.0 Å². The van der Waals surface area contributed by atoms with E-state index in [9.17, 15) is 9.59 Å². The quantitative estimate of drug-likeness (QED) is 0.506. The highest BCUT2D eigenvalue weighted by atomic mass is 16.2. The molecule has 26 heavy (non-hydrogen) atoms. The molecule has 0 aliphatic carbocycles. The molecule has 4 rings (SSSR count). The topological polar surface area (TPSA) is 55.2 Å². The van der Waals surface area contributed by atoms with E-state index in [0.29, 0.717) is 17.7 Å². The van der Waals surface area contributed by atoms with Gasteiger partial charge in [0.15, 0.2) is 0 Å². The Morgan fingerprint density at radius 3 is 2.08 bits per heavy atom. The highest BCUT2D eigenvalue weighted by Gasteiger charge is 2.34. The van der Waals surface area contributed by atoms with Gasteiger partial charge < -0.3 is 4.57 Å². The van der Waals surface area contributed by atoms with Crippen LogP contribution in [0, 0.1) is 0 Å². The number of imidazole rings is 1. The van der Waals surface area contributed by atoms with Crippen molar-refractivity contribution in [2.45, 2.75) is 19.4 Å². The second-order valence-electron chi connectivity index (χ2n) is 6.38. The summed E-state index contributed by atoms with van der Waals surface area (Å²) in [5.74, 6) is -0.362. The molecule has 0 N–H and O–H groups in total. The normalized spacial score (nSPS) is 13.3. The summed E-state index contributed by atoms with van der Waals surface area (Å²) >= 11 is 0. The van der Waals surface area contributed by atoms with Crippen molar-refractivity contribution in [2.24, 2.45) is 0 Å². The van der Waals surface area contributed by atoms with Crippen LogP contribution in [0.1, 0.15) is 33.6 Å². The number of aryl methyl sites for hydroxylation is 1. The number of carbonyl (C=O) groups is 2. The Kier molecular flexibility index (Phi) is 4.35. The number of rotatable bonds is 6. The molecule has 1 aromatic heterocycles. The lowest BCUT2D eigenvalue weighted by molar-refractivity contribution is 0.0651. The Morgan fingerprint density at radius 2 is 1.38 bits per heavy atom. The second kappa shape index (κ2) is 6.96. The lowest BCUT2D eigenvalue weighted by Gasteiger charge is -2.13. The first kappa shape index (κ1) is 16.3. The maximum absolute atomic E-state index is 12.3. The summed E-state index contributed by atoms with van der Waals surface area (Å²) in [6.07, 6.45) is 5.49. The SMILES string of the molecule is O=C1c2ccccc2C(=O)N1CCCCn1cnc(-c2ccccc2)c1. The predicted octanol–water partition coefficient (Wildman–Crippen LogP) is 3.63. The average Bonchev–Trinajstić information content (AvgIpc) is 3.25. The smallest absolute Gasteiger partial charge is 0.261 e. The van der Waals surface area contributed by atoms with E-state index in [4.69, 9.17) is 0 Å².